The van der Waals surface area contributed by atoms with Crippen LogP contribution in [0.2, 0.25) is 5.02 Å². The molecule has 0 atom stereocenters. The summed E-state index contributed by atoms with van der Waals surface area (Å²) in [6.07, 6.45) is 1.81. The van der Waals surface area contributed by atoms with Crippen molar-refractivity contribution in [2.45, 2.75) is 19.5 Å². The Hall–Kier alpha value is -2.59. The Balaban J connectivity index is 1.77. The third-order valence-electron chi connectivity index (χ3n) is 3.81. The number of nitrogens with zero attached hydrogens (tertiary/aromatic N) is 1. The summed E-state index contributed by atoms with van der Waals surface area (Å²) < 4.78 is 18.8. The van der Waals surface area contributed by atoms with Gasteiger partial charge < -0.3 is 9.32 Å². The number of hydrogen-bond donors (Lipinski definition) is 0. The first-order valence-corrected chi connectivity index (χ1v) is 8.27. The molecule has 3 aromatic rings. The third-order valence-corrected chi connectivity index (χ3v) is 4.06. The molecule has 0 radical (unpaired) electrons. The highest BCUT2D eigenvalue weighted by Crippen LogP contribution is 2.15. The Morgan fingerprint density at radius 2 is 1.80 bits per heavy atom. The molecule has 0 aliphatic carbocycles. The van der Waals surface area contributed by atoms with Gasteiger partial charge in [-0.25, -0.2) is 4.39 Å². The van der Waals surface area contributed by atoms with E-state index in [1.807, 2.05) is 18.2 Å². The SMILES string of the molecule is O=C(Cc1ccc(Cl)cc1)N(Cc1cccc(F)c1)Cc1ccco1. The number of carbonyl (C=O) groups excluding carboxylic acids is 1. The average molecular weight is 358 g/mol. The number of carbonyl (C=O) groups is 1. The van der Waals surface area contributed by atoms with Crippen LogP contribution < -0.4 is 0 Å². The van der Waals surface area contributed by atoms with Gasteiger partial charge in [0.2, 0.25) is 5.91 Å². The van der Waals surface area contributed by atoms with Crippen molar-refractivity contribution < 1.29 is 13.6 Å². The maximum atomic E-state index is 13.4. The zero-order valence-electron chi connectivity index (χ0n) is 13.5. The predicted molar refractivity (Wildman–Crippen MR) is 94.5 cm³/mol. The Bertz CT molecular complexity index is 831. The van der Waals surface area contributed by atoms with E-state index in [0.29, 0.717) is 23.9 Å². The second kappa shape index (κ2) is 7.99. The maximum absolute atomic E-state index is 13.4. The highest BCUT2D eigenvalue weighted by molar-refractivity contribution is 6.30. The number of furan rings is 1. The summed E-state index contributed by atoms with van der Waals surface area (Å²) in [7, 11) is 0. The number of halogens is 2. The molecule has 128 valence electrons. The van der Waals surface area contributed by atoms with E-state index < -0.39 is 0 Å². The first kappa shape index (κ1) is 17.2. The first-order valence-electron chi connectivity index (χ1n) is 7.89. The normalized spacial score (nSPS) is 10.6. The lowest BCUT2D eigenvalue weighted by Crippen LogP contribution is -2.31. The van der Waals surface area contributed by atoms with Crippen LogP contribution in [0.1, 0.15) is 16.9 Å². The van der Waals surface area contributed by atoms with Crippen molar-refractivity contribution in [1.82, 2.24) is 4.90 Å². The van der Waals surface area contributed by atoms with Crippen LogP contribution in [-0.2, 0) is 24.3 Å². The molecule has 25 heavy (non-hydrogen) atoms. The Morgan fingerprint density at radius 3 is 2.48 bits per heavy atom. The first-order chi connectivity index (χ1) is 12.1. The summed E-state index contributed by atoms with van der Waals surface area (Å²) in [6, 6.07) is 17.0. The van der Waals surface area contributed by atoms with Gasteiger partial charge in [0, 0.05) is 11.6 Å². The highest BCUT2D eigenvalue weighted by Gasteiger charge is 2.17. The smallest absolute Gasteiger partial charge is 0.227 e. The van der Waals surface area contributed by atoms with Crippen LogP contribution in [0.25, 0.3) is 0 Å². The van der Waals surface area contributed by atoms with E-state index in [-0.39, 0.29) is 18.1 Å². The lowest BCUT2D eigenvalue weighted by atomic mass is 10.1. The largest absolute Gasteiger partial charge is 0.467 e. The summed E-state index contributed by atoms with van der Waals surface area (Å²) in [5, 5.41) is 0.628. The molecule has 5 heteroatoms. The van der Waals surface area contributed by atoms with E-state index in [0.717, 1.165) is 11.1 Å². The molecule has 0 unspecified atom stereocenters. The molecular formula is C20H17ClFNO2. The summed E-state index contributed by atoms with van der Waals surface area (Å²) in [6.45, 7) is 0.640. The molecule has 1 aromatic heterocycles. The molecule has 0 N–H and O–H groups in total. The van der Waals surface area contributed by atoms with Crippen LogP contribution in [0.3, 0.4) is 0 Å². The Morgan fingerprint density at radius 1 is 1.00 bits per heavy atom. The van der Waals surface area contributed by atoms with Gasteiger partial charge >= 0.3 is 0 Å². The predicted octanol–water partition coefficient (Wildman–Crippen LogP) is 4.84. The number of benzene rings is 2. The van der Waals surface area contributed by atoms with Crippen molar-refractivity contribution in [2.24, 2.45) is 0 Å². The van der Waals surface area contributed by atoms with Gasteiger partial charge in [0.25, 0.3) is 0 Å². The molecule has 2 aromatic carbocycles. The second-order valence-electron chi connectivity index (χ2n) is 5.76. The standard InChI is InChI=1S/C20H17ClFNO2/c21-17-8-6-15(7-9-17)12-20(24)23(14-19-5-2-10-25-19)13-16-3-1-4-18(22)11-16/h1-11H,12-14H2. The second-order valence-corrected chi connectivity index (χ2v) is 6.20. The third kappa shape index (κ3) is 4.94. The number of rotatable bonds is 6. The molecule has 0 bridgehead atoms. The zero-order chi connectivity index (χ0) is 17.6. The molecule has 0 saturated heterocycles. The summed E-state index contributed by atoms with van der Waals surface area (Å²) in [4.78, 5) is 14.4. The molecule has 0 aliphatic rings. The van der Waals surface area contributed by atoms with Crippen LogP contribution in [0.5, 0.6) is 0 Å². The topological polar surface area (TPSA) is 33.5 Å². The summed E-state index contributed by atoms with van der Waals surface area (Å²) in [5.41, 5.74) is 1.61. The molecule has 1 amide bonds. The molecule has 3 nitrogen and oxygen atoms in total. The van der Waals surface area contributed by atoms with E-state index in [1.165, 1.54) is 12.1 Å². The monoisotopic (exact) mass is 357 g/mol. The van der Waals surface area contributed by atoms with Crippen LogP contribution in [-0.4, -0.2) is 10.8 Å². The quantitative estimate of drug-likeness (QED) is 0.632. The van der Waals surface area contributed by atoms with Crippen LogP contribution in [0, 0.1) is 5.82 Å². The van der Waals surface area contributed by atoms with E-state index in [4.69, 9.17) is 16.0 Å². The minimum atomic E-state index is -0.319. The van der Waals surface area contributed by atoms with E-state index in [9.17, 15) is 9.18 Å². The summed E-state index contributed by atoms with van der Waals surface area (Å²) in [5.74, 6) is 0.296. The molecule has 0 aliphatic heterocycles. The fraction of sp³-hybridized carbons (Fsp3) is 0.150. The Labute approximate surface area is 150 Å². The molecule has 3 rings (SSSR count). The highest BCUT2D eigenvalue weighted by atomic mass is 35.5. The van der Waals surface area contributed by atoms with E-state index in [2.05, 4.69) is 0 Å². The van der Waals surface area contributed by atoms with Gasteiger partial charge in [0.05, 0.1) is 19.2 Å². The minimum Gasteiger partial charge on any atom is -0.467 e. The van der Waals surface area contributed by atoms with Crippen LogP contribution >= 0.6 is 11.6 Å². The van der Waals surface area contributed by atoms with Gasteiger partial charge in [-0.15, -0.1) is 0 Å². The number of hydrogen-bond acceptors (Lipinski definition) is 2. The van der Waals surface area contributed by atoms with Crippen molar-refractivity contribution in [3.63, 3.8) is 0 Å². The molecule has 1 heterocycles. The number of amides is 1. The van der Waals surface area contributed by atoms with Crippen LogP contribution in [0.4, 0.5) is 4.39 Å². The van der Waals surface area contributed by atoms with E-state index in [1.54, 1.807) is 41.5 Å². The fourth-order valence-corrected chi connectivity index (χ4v) is 2.69. The van der Waals surface area contributed by atoms with E-state index >= 15 is 0 Å². The molecular weight excluding hydrogens is 341 g/mol. The Kier molecular flexibility index (Phi) is 5.51. The molecule has 0 saturated carbocycles. The van der Waals surface area contributed by atoms with Gasteiger partial charge in [-0.05, 0) is 47.5 Å². The average Bonchev–Trinajstić information content (AvgIpc) is 3.09. The summed E-state index contributed by atoms with van der Waals surface area (Å²) >= 11 is 5.88. The van der Waals surface area contributed by atoms with Gasteiger partial charge in [-0.1, -0.05) is 35.9 Å². The van der Waals surface area contributed by atoms with Crippen molar-refractivity contribution in [1.29, 1.82) is 0 Å². The lowest BCUT2D eigenvalue weighted by molar-refractivity contribution is -0.132. The van der Waals surface area contributed by atoms with Gasteiger partial charge in [-0.2, -0.15) is 0 Å². The zero-order valence-corrected chi connectivity index (χ0v) is 14.2. The van der Waals surface area contributed by atoms with Gasteiger partial charge in [0.15, 0.2) is 0 Å². The van der Waals surface area contributed by atoms with Crippen molar-refractivity contribution in [3.05, 3.63) is 94.7 Å². The van der Waals surface area contributed by atoms with Crippen molar-refractivity contribution >= 4 is 17.5 Å². The minimum absolute atomic E-state index is 0.0667. The molecule has 0 fully saturated rings. The van der Waals surface area contributed by atoms with Gasteiger partial charge in [0.1, 0.15) is 11.6 Å². The molecule has 0 spiro atoms. The van der Waals surface area contributed by atoms with Crippen molar-refractivity contribution in [3.8, 4) is 0 Å². The van der Waals surface area contributed by atoms with Gasteiger partial charge in [-0.3, -0.25) is 4.79 Å². The maximum Gasteiger partial charge on any atom is 0.227 e. The van der Waals surface area contributed by atoms with Crippen molar-refractivity contribution in [2.75, 3.05) is 0 Å². The fourth-order valence-electron chi connectivity index (χ4n) is 2.57. The lowest BCUT2D eigenvalue weighted by Gasteiger charge is -2.22. The van der Waals surface area contributed by atoms with Crippen LogP contribution in [0.15, 0.2) is 71.3 Å².